The van der Waals surface area contributed by atoms with E-state index in [0.29, 0.717) is 37.6 Å². The minimum absolute atomic E-state index is 0.0664. The molecule has 6 nitrogen and oxygen atoms in total. The third-order valence-electron chi connectivity index (χ3n) is 7.51. The quantitative estimate of drug-likeness (QED) is 0.500. The van der Waals surface area contributed by atoms with Crippen molar-refractivity contribution in [3.05, 3.63) is 64.7 Å². The van der Waals surface area contributed by atoms with Gasteiger partial charge in [-0.25, -0.2) is 0 Å². The number of amides is 2. The van der Waals surface area contributed by atoms with Crippen LogP contribution in [-0.2, 0) is 16.0 Å². The normalized spacial score (nSPS) is 18.5. The number of nitrogens with one attached hydrogen (secondary N) is 1. The van der Waals surface area contributed by atoms with Crippen LogP contribution in [0, 0.1) is 12.8 Å². The van der Waals surface area contributed by atoms with E-state index in [0.717, 1.165) is 37.2 Å². The van der Waals surface area contributed by atoms with Crippen LogP contribution in [0.4, 0.5) is 0 Å². The Labute approximate surface area is 222 Å². The maximum atomic E-state index is 13.3. The van der Waals surface area contributed by atoms with Gasteiger partial charge in [0.15, 0.2) is 6.10 Å². The largest absolute Gasteiger partial charge is 0.481 e. The number of rotatable bonds is 10. The van der Waals surface area contributed by atoms with Gasteiger partial charge in [-0.3, -0.25) is 9.59 Å². The van der Waals surface area contributed by atoms with Crippen LogP contribution in [0.15, 0.2) is 42.5 Å². The number of likely N-dealkylation sites (tertiary alicyclic amines) is 1. The van der Waals surface area contributed by atoms with Gasteiger partial charge in [0, 0.05) is 26.1 Å². The van der Waals surface area contributed by atoms with Crippen molar-refractivity contribution in [1.82, 2.24) is 15.1 Å². The number of hydrogen-bond acceptors (Lipinski definition) is 4. The molecule has 2 aromatic carbocycles. The first-order valence-electron chi connectivity index (χ1n) is 14.0. The molecule has 2 heterocycles. The molecule has 1 saturated heterocycles. The first-order valence-corrected chi connectivity index (χ1v) is 14.0. The zero-order valence-electron chi connectivity index (χ0n) is 23.0. The lowest BCUT2D eigenvalue weighted by Gasteiger charge is -2.38. The molecule has 200 valence electrons. The Morgan fingerprint density at radius 3 is 2.46 bits per heavy atom. The molecular weight excluding hydrogens is 462 g/mol. The van der Waals surface area contributed by atoms with Gasteiger partial charge < -0.3 is 19.9 Å². The zero-order valence-corrected chi connectivity index (χ0v) is 23.0. The number of ether oxygens (including phenoxy) is 1. The number of carbonyl (C=O) groups is 2. The Kier molecular flexibility index (Phi) is 9.25. The van der Waals surface area contributed by atoms with Gasteiger partial charge in [0.25, 0.3) is 5.91 Å². The van der Waals surface area contributed by atoms with E-state index in [1.807, 2.05) is 17.9 Å². The second-order valence-corrected chi connectivity index (χ2v) is 11.0. The Balaban J connectivity index is 1.53. The fourth-order valence-corrected chi connectivity index (χ4v) is 5.45. The Morgan fingerprint density at radius 2 is 1.78 bits per heavy atom. The van der Waals surface area contributed by atoms with Gasteiger partial charge in [-0.05, 0) is 80.4 Å². The van der Waals surface area contributed by atoms with Crippen LogP contribution in [-0.4, -0.2) is 60.4 Å². The molecule has 0 radical (unpaired) electrons. The van der Waals surface area contributed by atoms with Crippen molar-refractivity contribution in [1.29, 1.82) is 0 Å². The monoisotopic (exact) mass is 505 g/mol. The second-order valence-electron chi connectivity index (χ2n) is 11.0. The van der Waals surface area contributed by atoms with E-state index in [2.05, 4.69) is 67.4 Å². The summed E-state index contributed by atoms with van der Waals surface area (Å²) < 4.78 is 6.25. The number of aryl methyl sites for hydroxylation is 1. The van der Waals surface area contributed by atoms with Crippen LogP contribution in [0.5, 0.6) is 5.75 Å². The fourth-order valence-electron chi connectivity index (χ4n) is 5.45. The zero-order chi connectivity index (χ0) is 26.4. The van der Waals surface area contributed by atoms with Gasteiger partial charge in [-0.2, -0.15) is 0 Å². The molecule has 2 aliphatic heterocycles. The number of carbonyl (C=O) groups excluding carboxylic acids is 2. The molecule has 37 heavy (non-hydrogen) atoms. The molecule has 6 heteroatoms. The van der Waals surface area contributed by atoms with E-state index in [-0.39, 0.29) is 17.9 Å². The van der Waals surface area contributed by atoms with Crippen molar-refractivity contribution >= 4 is 11.8 Å². The smallest absolute Gasteiger partial charge is 0.261 e. The maximum Gasteiger partial charge on any atom is 0.261 e. The molecule has 1 fully saturated rings. The number of benzene rings is 2. The number of nitrogens with zero attached hydrogens (tertiary/aromatic N) is 2. The predicted octanol–water partition coefficient (Wildman–Crippen LogP) is 4.88. The van der Waals surface area contributed by atoms with Gasteiger partial charge in [0.2, 0.25) is 5.91 Å². The highest BCUT2D eigenvalue weighted by molar-refractivity contribution is 5.81. The van der Waals surface area contributed by atoms with Crippen LogP contribution < -0.4 is 10.1 Å². The molecular formula is C31H43N3O3. The third kappa shape index (κ3) is 6.92. The van der Waals surface area contributed by atoms with Gasteiger partial charge in [-0.15, -0.1) is 0 Å². The third-order valence-corrected chi connectivity index (χ3v) is 7.51. The van der Waals surface area contributed by atoms with Crippen LogP contribution in [0.2, 0.25) is 0 Å². The Morgan fingerprint density at radius 1 is 1.05 bits per heavy atom. The van der Waals surface area contributed by atoms with Crippen LogP contribution in [0.3, 0.4) is 0 Å². The van der Waals surface area contributed by atoms with Crippen molar-refractivity contribution < 1.29 is 14.3 Å². The maximum absolute atomic E-state index is 13.3. The van der Waals surface area contributed by atoms with Gasteiger partial charge in [0.05, 0.1) is 6.04 Å². The van der Waals surface area contributed by atoms with E-state index in [4.69, 9.17) is 4.74 Å². The molecule has 0 aliphatic carbocycles. The van der Waals surface area contributed by atoms with E-state index < -0.39 is 6.10 Å². The first kappa shape index (κ1) is 27.2. The SMILES string of the molecule is CC[C@@H](Oc1ccc2c(c1)[C@H](c1ccc(C)cc1)N(C(=O)CC(C)C)CC2)C(=O)NCCN1CCCC1. The summed E-state index contributed by atoms with van der Waals surface area (Å²) in [7, 11) is 0. The van der Waals surface area contributed by atoms with Crippen molar-refractivity contribution in [2.75, 3.05) is 32.7 Å². The minimum Gasteiger partial charge on any atom is -0.481 e. The van der Waals surface area contributed by atoms with Crippen molar-refractivity contribution in [2.45, 2.75) is 71.9 Å². The van der Waals surface area contributed by atoms with E-state index in [9.17, 15) is 9.59 Å². The van der Waals surface area contributed by atoms with Crippen LogP contribution in [0.25, 0.3) is 0 Å². The minimum atomic E-state index is -0.545. The summed E-state index contributed by atoms with van der Waals surface area (Å²) in [6.07, 6.45) is 3.89. The van der Waals surface area contributed by atoms with Gasteiger partial charge in [0.1, 0.15) is 5.75 Å². The summed E-state index contributed by atoms with van der Waals surface area (Å²) in [4.78, 5) is 30.6. The lowest BCUT2D eigenvalue weighted by Crippen LogP contribution is -2.42. The van der Waals surface area contributed by atoms with Crippen molar-refractivity contribution in [3.63, 3.8) is 0 Å². The van der Waals surface area contributed by atoms with Crippen molar-refractivity contribution in [3.8, 4) is 5.75 Å². The lowest BCUT2D eigenvalue weighted by molar-refractivity contribution is -0.134. The lowest BCUT2D eigenvalue weighted by atomic mass is 9.87. The molecule has 0 bridgehead atoms. The van der Waals surface area contributed by atoms with E-state index >= 15 is 0 Å². The average molecular weight is 506 g/mol. The highest BCUT2D eigenvalue weighted by Gasteiger charge is 2.33. The van der Waals surface area contributed by atoms with E-state index in [1.165, 1.54) is 24.0 Å². The highest BCUT2D eigenvalue weighted by atomic mass is 16.5. The topological polar surface area (TPSA) is 61.9 Å². The summed E-state index contributed by atoms with van der Waals surface area (Å²) >= 11 is 0. The van der Waals surface area contributed by atoms with Crippen LogP contribution >= 0.6 is 0 Å². The molecule has 0 spiro atoms. The number of hydrogen-bond donors (Lipinski definition) is 1. The van der Waals surface area contributed by atoms with Crippen LogP contribution in [0.1, 0.15) is 74.8 Å². The molecule has 0 aromatic heterocycles. The first-order chi connectivity index (χ1) is 17.9. The van der Waals surface area contributed by atoms with Gasteiger partial charge >= 0.3 is 0 Å². The molecule has 2 aromatic rings. The summed E-state index contributed by atoms with van der Waals surface area (Å²) in [6, 6.07) is 14.4. The Hall–Kier alpha value is -2.86. The summed E-state index contributed by atoms with van der Waals surface area (Å²) in [5.41, 5.74) is 4.62. The molecule has 2 atom stereocenters. The fraction of sp³-hybridized carbons (Fsp3) is 0.548. The summed E-state index contributed by atoms with van der Waals surface area (Å²) in [6.45, 7) is 12.7. The molecule has 2 amide bonds. The van der Waals surface area contributed by atoms with Gasteiger partial charge in [-0.1, -0.05) is 56.7 Å². The standard InChI is InChI=1S/C31H43N3O3/c1-5-28(31(36)32-15-19-33-16-6-7-17-33)37-26-13-12-24-14-18-34(29(35)20-22(2)3)30(27(24)21-26)25-10-8-23(4)9-11-25/h8-13,21-22,28,30H,5-7,14-20H2,1-4H3,(H,32,36)/t28-,30+/m1/s1. The summed E-state index contributed by atoms with van der Waals surface area (Å²) in [5.74, 6) is 1.09. The highest BCUT2D eigenvalue weighted by Crippen LogP contribution is 2.38. The Bertz CT molecular complexity index is 1060. The molecule has 1 N–H and O–H groups in total. The molecule has 0 unspecified atom stereocenters. The van der Waals surface area contributed by atoms with Crippen molar-refractivity contribution in [2.24, 2.45) is 5.92 Å². The second kappa shape index (κ2) is 12.6. The molecule has 4 rings (SSSR count). The van der Waals surface area contributed by atoms with E-state index in [1.54, 1.807) is 0 Å². The average Bonchev–Trinajstić information content (AvgIpc) is 3.40. The predicted molar refractivity (Wildman–Crippen MR) is 148 cm³/mol. The number of fused-ring (bicyclic) bond motifs is 1. The molecule has 2 aliphatic rings. The summed E-state index contributed by atoms with van der Waals surface area (Å²) in [5, 5.41) is 3.06. The molecule has 0 saturated carbocycles.